The lowest BCUT2D eigenvalue weighted by Crippen LogP contribution is -2.04. The van der Waals surface area contributed by atoms with E-state index in [0.717, 1.165) is 17.1 Å². The molecule has 0 saturated heterocycles. The zero-order valence-corrected chi connectivity index (χ0v) is 8.67. The molecule has 76 valence electrons. The van der Waals surface area contributed by atoms with E-state index < -0.39 is 0 Å². The number of imidazole rings is 1. The van der Waals surface area contributed by atoms with Crippen LogP contribution in [0.1, 0.15) is 12.1 Å². The highest BCUT2D eigenvalue weighted by atomic mass is 32.1. The molecule has 0 spiro atoms. The molecule has 0 fully saturated rings. The van der Waals surface area contributed by atoms with Gasteiger partial charge in [0.05, 0.1) is 12.3 Å². The van der Waals surface area contributed by atoms with Crippen LogP contribution >= 0.6 is 11.3 Å². The molecule has 0 unspecified atom stereocenters. The van der Waals surface area contributed by atoms with E-state index in [-0.39, 0.29) is 0 Å². The van der Waals surface area contributed by atoms with E-state index in [2.05, 4.69) is 4.98 Å². The Morgan fingerprint density at radius 1 is 1.57 bits per heavy atom. The molecular weight excluding hydrogens is 198 g/mol. The molecule has 0 amide bonds. The highest BCUT2D eigenvalue weighted by Crippen LogP contribution is 2.11. The predicted octanol–water partition coefficient (Wildman–Crippen LogP) is 1.26. The maximum absolute atomic E-state index is 5.41. The standard InChI is InChI=1S/C9H13N3OS/c10-2-1-4-13-7-8-6-12-3-5-14-9(12)11-8/h3,5-6H,1-2,4,7,10H2. The van der Waals surface area contributed by atoms with Gasteiger partial charge in [-0.15, -0.1) is 11.3 Å². The number of nitrogens with zero attached hydrogens (tertiary/aromatic N) is 2. The second-order valence-electron chi connectivity index (χ2n) is 3.02. The van der Waals surface area contributed by atoms with Gasteiger partial charge in [0.2, 0.25) is 0 Å². The van der Waals surface area contributed by atoms with Gasteiger partial charge < -0.3 is 10.5 Å². The Kier molecular flexibility index (Phi) is 3.13. The minimum absolute atomic E-state index is 0.578. The van der Waals surface area contributed by atoms with Crippen molar-refractivity contribution in [3.8, 4) is 0 Å². The fourth-order valence-corrected chi connectivity index (χ4v) is 1.93. The number of nitrogens with two attached hydrogens (primary N) is 1. The largest absolute Gasteiger partial charge is 0.375 e. The minimum Gasteiger partial charge on any atom is -0.375 e. The summed E-state index contributed by atoms with van der Waals surface area (Å²) in [4.78, 5) is 5.41. The van der Waals surface area contributed by atoms with E-state index in [9.17, 15) is 0 Å². The average molecular weight is 211 g/mol. The number of ether oxygens (including phenoxy) is 1. The van der Waals surface area contributed by atoms with E-state index in [1.54, 1.807) is 11.3 Å². The van der Waals surface area contributed by atoms with Crippen LogP contribution in [0.5, 0.6) is 0 Å². The van der Waals surface area contributed by atoms with Crippen LogP contribution in [0.15, 0.2) is 17.8 Å². The molecule has 2 rings (SSSR count). The molecule has 0 saturated carbocycles. The lowest BCUT2D eigenvalue weighted by atomic mass is 10.4. The third-order valence-corrected chi connectivity index (χ3v) is 2.66. The third-order valence-electron chi connectivity index (χ3n) is 1.89. The molecule has 2 heterocycles. The molecule has 4 nitrogen and oxygen atoms in total. The zero-order chi connectivity index (χ0) is 9.80. The summed E-state index contributed by atoms with van der Waals surface area (Å²) < 4.78 is 7.41. The van der Waals surface area contributed by atoms with Gasteiger partial charge in [0, 0.05) is 24.4 Å². The zero-order valence-electron chi connectivity index (χ0n) is 7.85. The molecule has 0 atom stereocenters. The van der Waals surface area contributed by atoms with Gasteiger partial charge in [-0.2, -0.15) is 0 Å². The fraction of sp³-hybridized carbons (Fsp3) is 0.444. The van der Waals surface area contributed by atoms with Crippen molar-refractivity contribution >= 4 is 16.3 Å². The number of hydrogen-bond acceptors (Lipinski definition) is 4. The van der Waals surface area contributed by atoms with Gasteiger partial charge in [-0.05, 0) is 13.0 Å². The number of rotatable bonds is 5. The molecule has 0 aliphatic carbocycles. The Hall–Kier alpha value is -0.910. The summed E-state index contributed by atoms with van der Waals surface area (Å²) in [7, 11) is 0. The quantitative estimate of drug-likeness (QED) is 0.757. The van der Waals surface area contributed by atoms with Crippen LogP contribution in [0.2, 0.25) is 0 Å². The number of aromatic nitrogens is 2. The number of thiazole rings is 1. The molecule has 2 aromatic heterocycles. The lowest BCUT2D eigenvalue weighted by Gasteiger charge is -1.98. The van der Waals surface area contributed by atoms with E-state index >= 15 is 0 Å². The maximum atomic E-state index is 5.41. The Morgan fingerprint density at radius 3 is 3.29 bits per heavy atom. The Morgan fingerprint density at radius 2 is 2.50 bits per heavy atom. The Labute approximate surface area is 86.3 Å². The molecule has 0 aromatic carbocycles. The van der Waals surface area contributed by atoms with E-state index in [1.165, 1.54) is 0 Å². The smallest absolute Gasteiger partial charge is 0.193 e. The Balaban J connectivity index is 1.89. The average Bonchev–Trinajstić information content (AvgIpc) is 2.72. The molecule has 14 heavy (non-hydrogen) atoms. The predicted molar refractivity (Wildman–Crippen MR) is 56.4 cm³/mol. The van der Waals surface area contributed by atoms with Crippen LogP contribution in [0, 0.1) is 0 Å². The van der Waals surface area contributed by atoms with Gasteiger partial charge in [-0.1, -0.05) is 0 Å². The van der Waals surface area contributed by atoms with Crippen molar-refractivity contribution in [2.24, 2.45) is 5.73 Å². The van der Waals surface area contributed by atoms with Crippen molar-refractivity contribution in [1.82, 2.24) is 9.38 Å². The van der Waals surface area contributed by atoms with Gasteiger partial charge in [-0.25, -0.2) is 4.98 Å². The first kappa shape index (κ1) is 9.64. The molecule has 2 N–H and O–H groups in total. The molecular formula is C9H13N3OS. The summed E-state index contributed by atoms with van der Waals surface area (Å²) in [6, 6.07) is 0. The summed E-state index contributed by atoms with van der Waals surface area (Å²) in [6.45, 7) is 1.97. The van der Waals surface area contributed by atoms with E-state index in [1.807, 2.05) is 22.2 Å². The van der Waals surface area contributed by atoms with Gasteiger partial charge >= 0.3 is 0 Å². The monoisotopic (exact) mass is 211 g/mol. The summed E-state index contributed by atoms with van der Waals surface area (Å²) in [5, 5.41) is 2.02. The van der Waals surface area contributed by atoms with Gasteiger partial charge in [0.15, 0.2) is 4.96 Å². The van der Waals surface area contributed by atoms with Gasteiger partial charge in [0.1, 0.15) is 0 Å². The topological polar surface area (TPSA) is 52.5 Å². The molecule has 2 aromatic rings. The highest BCUT2D eigenvalue weighted by molar-refractivity contribution is 7.15. The van der Waals surface area contributed by atoms with Crippen molar-refractivity contribution < 1.29 is 4.74 Å². The summed E-state index contributed by atoms with van der Waals surface area (Å²) in [5.74, 6) is 0. The van der Waals surface area contributed by atoms with Crippen molar-refractivity contribution in [3.63, 3.8) is 0 Å². The first-order chi connectivity index (χ1) is 6.90. The van der Waals surface area contributed by atoms with Gasteiger partial charge in [-0.3, -0.25) is 4.40 Å². The highest BCUT2D eigenvalue weighted by Gasteiger charge is 2.01. The van der Waals surface area contributed by atoms with Crippen LogP contribution in [-0.4, -0.2) is 22.5 Å². The van der Waals surface area contributed by atoms with Gasteiger partial charge in [0.25, 0.3) is 0 Å². The van der Waals surface area contributed by atoms with E-state index in [4.69, 9.17) is 10.5 Å². The van der Waals surface area contributed by atoms with Crippen LogP contribution in [0.25, 0.3) is 4.96 Å². The first-order valence-electron chi connectivity index (χ1n) is 4.59. The van der Waals surface area contributed by atoms with Crippen LogP contribution in [-0.2, 0) is 11.3 Å². The fourth-order valence-electron chi connectivity index (χ4n) is 1.21. The van der Waals surface area contributed by atoms with Crippen molar-refractivity contribution in [3.05, 3.63) is 23.5 Å². The first-order valence-corrected chi connectivity index (χ1v) is 5.47. The van der Waals surface area contributed by atoms with Crippen molar-refractivity contribution in [1.29, 1.82) is 0 Å². The molecule has 0 radical (unpaired) electrons. The van der Waals surface area contributed by atoms with Crippen LogP contribution in [0.3, 0.4) is 0 Å². The SMILES string of the molecule is NCCCOCc1cn2ccsc2n1. The third kappa shape index (κ3) is 2.12. The summed E-state index contributed by atoms with van der Waals surface area (Å²) >= 11 is 1.63. The second-order valence-corrected chi connectivity index (χ2v) is 3.89. The second kappa shape index (κ2) is 4.54. The van der Waals surface area contributed by atoms with E-state index in [0.29, 0.717) is 19.8 Å². The molecule has 5 heteroatoms. The molecule has 0 aliphatic heterocycles. The summed E-state index contributed by atoms with van der Waals surface area (Å²) in [5.41, 5.74) is 6.34. The molecule has 0 bridgehead atoms. The lowest BCUT2D eigenvalue weighted by molar-refractivity contribution is 0.117. The summed E-state index contributed by atoms with van der Waals surface area (Å²) in [6.07, 6.45) is 4.90. The van der Waals surface area contributed by atoms with Crippen molar-refractivity contribution in [2.45, 2.75) is 13.0 Å². The maximum Gasteiger partial charge on any atom is 0.193 e. The minimum atomic E-state index is 0.578. The Bertz CT molecular complexity index is 367. The van der Waals surface area contributed by atoms with Crippen molar-refractivity contribution in [2.75, 3.05) is 13.2 Å². The normalized spacial score (nSPS) is 11.2. The van der Waals surface area contributed by atoms with Crippen LogP contribution < -0.4 is 5.73 Å². The number of fused-ring (bicyclic) bond motifs is 1. The molecule has 0 aliphatic rings. The van der Waals surface area contributed by atoms with Crippen LogP contribution in [0.4, 0.5) is 0 Å². The number of hydrogen-bond donors (Lipinski definition) is 1.